The van der Waals surface area contributed by atoms with E-state index < -0.39 is 4.92 Å². The molecule has 0 aromatic heterocycles. The standard InChI is InChI=1S/C14H12BrNO3/c1-9-4-3-5-13(14(9)16(17)18)19-11-6-7-12(15)10(2)8-11/h3-8H,1-2H3. The number of hydrogen-bond acceptors (Lipinski definition) is 3. The fraction of sp³-hybridized carbons (Fsp3) is 0.143. The van der Waals surface area contributed by atoms with E-state index in [2.05, 4.69) is 15.9 Å². The molecule has 0 saturated heterocycles. The molecule has 0 aliphatic rings. The van der Waals surface area contributed by atoms with Gasteiger partial charge in [-0.2, -0.15) is 0 Å². The van der Waals surface area contributed by atoms with E-state index in [1.54, 1.807) is 31.2 Å². The van der Waals surface area contributed by atoms with Crippen LogP contribution in [0.5, 0.6) is 11.5 Å². The van der Waals surface area contributed by atoms with Gasteiger partial charge >= 0.3 is 5.69 Å². The van der Waals surface area contributed by atoms with Crippen LogP contribution >= 0.6 is 15.9 Å². The minimum absolute atomic E-state index is 0.00284. The van der Waals surface area contributed by atoms with Crippen LogP contribution in [0, 0.1) is 24.0 Å². The fourth-order valence-electron chi connectivity index (χ4n) is 1.76. The molecule has 0 saturated carbocycles. The maximum atomic E-state index is 11.1. The lowest BCUT2D eigenvalue weighted by atomic mass is 10.2. The van der Waals surface area contributed by atoms with Crippen LogP contribution in [0.25, 0.3) is 0 Å². The number of hydrogen-bond donors (Lipinski definition) is 0. The molecule has 0 bridgehead atoms. The molecule has 5 heteroatoms. The van der Waals surface area contributed by atoms with Crippen molar-refractivity contribution in [2.24, 2.45) is 0 Å². The molecule has 0 unspecified atom stereocenters. The van der Waals surface area contributed by atoms with Gasteiger partial charge < -0.3 is 4.74 Å². The van der Waals surface area contributed by atoms with Gasteiger partial charge in [-0.3, -0.25) is 10.1 Å². The first-order chi connectivity index (χ1) is 8.99. The number of para-hydroxylation sites is 1. The van der Waals surface area contributed by atoms with Gasteiger partial charge in [-0.05, 0) is 43.7 Å². The summed E-state index contributed by atoms with van der Waals surface area (Å²) in [5.41, 5.74) is 1.59. The van der Waals surface area contributed by atoms with E-state index in [1.807, 2.05) is 19.1 Å². The number of nitro benzene ring substituents is 1. The van der Waals surface area contributed by atoms with E-state index in [0.29, 0.717) is 11.3 Å². The van der Waals surface area contributed by atoms with Crippen molar-refractivity contribution < 1.29 is 9.66 Å². The molecule has 0 radical (unpaired) electrons. The molecule has 0 amide bonds. The zero-order chi connectivity index (χ0) is 14.0. The van der Waals surface area contributed by atoms with Crippen LogP contribution in [0.3, 0.4) is 0 Å². The Morgan fingerprint density at radius 3 is 2.53 bits per heavy atom. The van der Waals surface area contributed by atoms with Gasteiger partial charge in [-0.25, -0.2) is 0 Å². The van der Waals surface area contributed by atoms with Crippen molar-refractivity contribution in [3.05, 3.63) is 62.1 Å². The lowest BCUT2D eigenvalue weighted by Gasteiger charge is -2.09. The first-order valence-electron chi connectivity index (χ1n) is 5.67. The molecule has 2 aromatic rings. The van der Waals surface area contributed by atoms with Gasteiger partial charge in [0.1, 0.15) is 5.75 Å². The maximum Gasteiger partial charge on any atom is 0.314 e. The summed E-state index contributed by atoms with van der Waals surface area (Å²) in [7, 11) is 0. The molecule has 2 rings (SSSR count). The monoisotopic (exact) mass is 321 g/mol. The minimum atomic E-state index is -0.420. The van der Waals surface area contributed by atoms with Gasteiger partial charge in [0.15, 0.2) is 0 Å². The molecule has 19 heavy (non-hydrogen) atoms. The fourth-order valence-corrected chi connectivity index (χ4v) is 2.00. The highest BCUT2D eigenvalue weighted by Crippen LogP contribution is 2.34. The largest absolute Gasteiger partial charge is 0.450 e. The van der Waals surface area contributed by atoms with E-state index in [1.165, 1.54) is 0 Å². The number of nitrogens with zero attached hydrogens (tertiary/aromatic N) is 1. The van der Waals surface area contributed by atoms with Gasteiger partial charge in [0.05, 0.1) is 4.92 Å². The van der Waals surface area contributed by atoms with Gasteiger partial charge in [0.2, 0.25) is 5.75 Å². The van der Waals surface area contributed by atoms with E-state index in [4.69, 9.17) is 4.74 Å². The van der Waals surface area contributed by atoms with Gasteiger partial charge in [-0.15, -0.1) is 0 Å². The van der Waals surface area contributed by atoms with Crippen molar-refractivity contribution in [1.82, 2.24) is 0 Å². The van der Waals surface area contributed by atoms with Gasteiger partial charge in [-0.1, -0.05) is 28.1 Å². The third-order valence-corrected chi connectivity index (χ3v) is 3.63. The molecule has 0 spiro atoms. The molecule has 0 atom stereocenters. The normalized spacial score (nSPS) is 10.3. The zero-order valence-corrected chi connectivity index (χ0v) is 12.1. The van der Waals surface area contributed by atoms with Gasteiger partial charge in [0.25, 0.3) is 0 Å². The SMILES string of the molecule is Cc1cc(Oc2cccc(C)c2[N+](=O)[O-])ccc1Br. The summed E-state index contributed by atoms with van der Waals surface area (Å²) in [5.74, 6) is 0.834. The van der Waals surface area contributed by atoms with Crippen molar-refractivity contribution in [2.45, 2.75) is 13.8 Å². The maximum absolute atomic E-state index is 11.1. The molecule has 2 aromatic carbocycles. The lowest BCUT2D eigenvalue weighted by molar-refractivity contribution is -0.386. The molecular formula is C14H12BrNO3. The Morgan fingerprint density at radius 2 is 1.89 bits per heavy atom. The molecule has 4 nitrogen and oxygen atoms in total. The zero-order valence-electron chi connectivity index (χ0n) is 10.5. The van der Waals surface area contributed by atoms with Crippen molar-refractivity contribution in [3.63, 3.8) is 0 Å². The Bertz CT molecular complexity index is 641. The molecule has 0 fully saturated rings. The van der Waals surface area contributed by atoms with Crippen molar-refractivity contribution in [1.29, 1.82) is 0 Å². The summed E-state index contributed by atoms with van der Waals surface area (Å²) in [5, 5.41) is 11.1. The number of ether oxygens (including phenoxy) is 1. The van der Waals surface area contributed by atoms with Crippen LogP contribution in [0.4, 0.5) is 5.69 Å². The predicted molar refractivity (Wildman–Crippen MR) is 76.8 cm³/mol. The summed E-state index contributed by atoms with van der Waals surface area (Å²) in [6.45, 7) is 3.62. The smallest absolute Gasteiger partial charge is 0.314 e. The number of aryl methyl sites for hydroxylation is 2. The first kappa shape index (κ1) is 13.5. The molecule has 0 N–H and O–H groups in total. The lowest BCUT2D eigenvalue weighted by Crippen LogP contribution is -1.96. The highest BCUT2D eigenvalue weighted by Gasteiger charge is 2.18. The Balaban J connectivity index is 2.40. The summed E-state index contributed by atoms with van der Waals surface area (Å²) < 4.78 is 6.60. The predicted octanol–water partition coefficient (Wildman–Crippen LogP) is 4.77. The van der Waals surface area contributed by atoms with Crippen LogP contribution < -0.4 is 4.74 Å². The molecular weight excluding hydrogens is 310 g/mol. The van der Waals surface area contributed by atoms with Crippen molar-refractivity contribution >= 4 is 21.6 Å². The Labute approximate surface area is 119 Å². The first-order valence-corrected chi connectivity index (χ1v) is 6.46. The van der Waals surface area contributed by atoms with Crippen LogP contribution in [-0.2, 0) is 0 Å². The Morgan fingerprint density at radius 1 is 1.16 bits per heavy atom. The number of benzene rings is 2. The molecule has 98 valence electrons. The van der Waals surface area contributed by atoms with Crippen LogP contribution in [0.2, 0.25) is 0 Å². The van der Waals surface area contributed by atoms with E-state index in [-0.39, 0.29) is 11.4 Å². The average molecular weight is 322 g/mol. The van der Waals surface area contributed by atoms with Crippen LogP contribution in [0.1, 0.15) is 11.1 Å². The van der Waals surface area contributed by atoms with Crippen LogP contribution in [0.15, 0.2) is 40.9 Å². The summed E-state index contributed by atoms with van der Waals surface area (Å²) in [6, 6.07) is 10.5. The highest BCUT2D eigenvalue weighted by molar-refractivity contribution is 9.10. The van der Waals surface area contributed by atoms with Crippen molar-refractivity contribution in [2.75, 3.05) is 0 Å². The second-order valence-corrected chi connectivity index (χ2v) is 5.05. The van der Waals surface area contributed by atoms with E-state index >= 15 is 0 Å². The second kappa shape index (κ2) is 5.40. The summed E-state index contributed by atoms with van der Waals surface area (Å²) in [4.78, 5) is 10.7. The van der Waals surface area contributed by atoms with Gasteiger partial charge in [0, 0.05) is 10.0 Å². The third kappa shape index (κ3) is 2.93. The molecule has 0 heterocycles. The average Bonchev–Trinajstić information content (AvgIpc) is 2.33. The Hall–Kier alpha value is -1.88. The summed E-state index contributed by atoms with van der Waals surface area (Å²) >= 11 is 3.40. The minimum Gasteiger partial charge on any atom is -0.450 e. The third-order valence-electron chi connectivity index (χ3n) is 2.74. The number of nitro groups is 1. The van der Waals surface area contributed by atoms with Crippen LogP contribution in [-0.4, -0.2) is 4.92 Å². The molecule has 0 aliphatic carbocycles. The van der Waals surface area contributed by atoms with E-state index in [9.17, 15) is 10.1 Å². The van der Waals surface area contributed by atoms with E-state index in [0.717, 1.165) is 10.0 Å². The topological polar surface area (TPSA) is 52.4 Å². The van der Waals surface area contributed by atoms with Crippen molar-refractivity contribution in [3.8, 4) is 11.5 Å². The molecule has 0 aliphatic heterocycles. The number of halogens is 1. The number of rotatable bonds is 3. The summed E-state index contributed by atoms with van der Waals surface area (Å²) in [6.07, 6.45) is 0. The Kier molecular flexibility index (Phi) is 3.85. The highest BCUT2D eigenvalue weighted by atomic mass is 79.9. The second-order valence-electron chi connectivity index (χ2n) is 4.19. The quantitative estimate of drug-likeness (QED) is 0.604.